The fraction of sp³-hybridized carbons (Fsp3) is 0.522. The average molecular weight is 442 g/mol. The number of aromatic nitrogens is 4. The highest BCUT2D eigenvalue weighted by molar-refractivity contribution is 5.74. The number of hydrogen-bond acceptors (Lipinski definition) is 6. The number of rotatable bonds is 7. The number of ether oxygens (including phenoxy) is 1. The van der Waals surface area contributed by atoms with Crippen LogP contribution < -0.4 is 21.3 Å². The molecule has 1 atom stereocenters. The predicted molar refractivity (Wildman–Crippen MR) is 123 cm³/mol. The van der Waals surface area contributed by atoms with E-state index >= 15 is 0 Å². The molecule has 1 saturated carbocycles. The number of hydrogen-bond donors (Lipinski definition) is 2. The second kappa shape index (κ2) is 9.20. The van der Waals surface area contributed by atoms with E-state index in [0.29, 0.717) is 22.9 Å². The molecule has 2 heterocycles. The van der Waals surface area contributed by atoms with Crippen LogP contribution in [0.25, 0.3) is 11.2 Å². The van der Waals surface area contributed by atoms with Crippen LogP contribution in [0.3, 0.4) is 0 Å². The fourth-order valence-corrected chi connectivity index (χ4v) is 4.32. The van der Waals surface area contributed by atoms with Gasteiger partial charge in [-0.25, -0.2) is 4.79 Å². The van der Waals surface area contributed by atoms with E-state index in [1.54, 1.807) is 11.6 Å². The lowest BCUT2D eigenvalue weighted by molar-refractivity contribution is 0.0937. The Bertz CT molecular complexity index is 1220. The minimum atomic E-state index is -0.873. The van der Waals surface area contributed by atoms with Crippen molar-refractivity contribution < 1.29 is 9.84 Å². The van der Waals surface area contributed by atoms with Gasteiger partial charge in [0.2, 0.25) is 5.95 Å². The predicted octanol–water partition coefficient (Wildman–Crippen LogP) is 1.93. The molecule has 1 aliphatic rings. The number of nitrogens with one attached hydrogen (secondary N) is 1. The van der Waals surface area contributed by atoms with Gasteiger partial charge in [0.05, 0.1) is 6.54 Å². The summed E-state index contributed by atoms with van der Waals surface area (Å²) in [5.74, 6) is 1.18. The first-order valence-electron chi connectivity index (χ1n) is 11.2. The minimum Gasteiger partial charge on any atom is -0.491 e. The van der Waals surface area contributed by atoms with Crippen LogP contribution in [0.15, 0.2) is 33.9 Å². The van der Waals surface area contributed by atoms with Crippen LogP contribution >= 0.6 is 0 Å². The number of aliphatic hydroxyl groups excluding tert-OH is 1. The first-order valence-corrected chi connectivity index (χ1v) is 11.2. The summed E-state index contributed by atoms with van der Waals surface area (Å²) < 4.78 is 9.88. The van der Waals surface area contributed by atoms with Crippen molar-refractivity contribution in [2.24, 2.45) is 14.1 Å². The van der Waals surface area contributed by atoms with Crippen LogP contribution in [0.4, 0.5) is 5.95 Å². The van der Waals surface area contributed by atoms with Crippen molar-refractivity contribution in [1.29, 1.82) is 0 Å². The third-order valence-electron chi connectivity index (χ3n) is 6.11. The van der Waals surface area contributed by atoms with E-state index in [4.69, 9.17) is 4.74 Å². The van der Waals surface area contributed by atoms with E-state index in [1.807, 2.05) is 31.2 Å². The first-order chi connectivity index (χ1) is 15.3. The molecule has 0 saturated heterocycles. The Labute approximate surface area is 186 Å². The van der Waals surface area contributed by atoms with Crippen LogP contribution in [0, 0.1) is 6.92 Å². The number of benzene rings is 1. The SMILES string of the molecule is Cc1cccc(OCC(O)Cn2c(NC3CCCCC3)nc3c2c(=O)n(C)c(=O)n3C)c1. The molecule has 4 rings (SSSR count). The molecule has 2 aromatic heterocycles. The quantitative estimate of drug-likeness (QED) is 0.581. The highest BCUT2D eigenvalue weighted by atomic mass is 16.5. The topological polar surface area (TPSA) is 103 Å². The molecule has 2 N–H and O–H groups in total. The second-order valence-electron chi connectivity index (χ2n) is 8.68. The number of nitrogens with zero attached hydrogens (tertiary/aromatic N) is 4. The lowest BCUT2D eigenvalue weighted by atomic mass is 9.96. The van der Waals surface area contributed by atoms with Crippen molar-refractivity contribution in [1.82, 2.24) is 18.7 Å². The summed E-state index contributed by atoms with van der Waals surface area (Å²) >= 11 is 0. The summed E-state index contributed by atoms with van der Waals surface area (Å²) in [5, 5.41) is 14.2. The normalized spacial score (nSPS) is 15.8. The van der Waals surface area contributed by atoms with Gasteiger partial charge < -0.3 is 19.7 Å². The van der Waals surface area contributed by atoms with Gasteiger partial charge in [0.15, 0.2) is 11.2 Å². The smallest absolute Gasteiger partial charge is 0.332 e. The van der Waals surface area contributed by atoms with Gasteiger partial charge in [-0.2, -0.15) is 4.98 Å². The molecule has 1 unspecified atom stereocenters. The molecule has 0 amide bonds. The summed E-state index contributed by atoms with van der Waals surface area (Å²) in [5.41, 5.74) is 0.811. The Morgan fingerprint density at radius 2 is 1.94 bits per heavy atom. The maximum absolute atomic E-state index is 13.0. The third kappa shape index (κ3) is 4.43. The third-order valence-corrected chi connectivity index (χ3v) is 6.11. The Balaban J connectivity index is 1.66. The number of fused-ring (bicyclic) bond motifs is 1. The standard InChI is InChI=1S/C23H31N5O4/c1-15-8-7-11-18(12-15)32-14-17(29)13-28-19-20(26(2)23(31)27(3)21(19)30)25-22(28)24-16-9-5-4-6-10-16/h7-8,11-12,16-17,29H,4-6,9-10,13-14H2,1-3H3,(H,24,25). The van der Waals surface area contributed by atoms with Crippen molar-refractivity contribution in [2.45, 2.75) is 57.7 Å². The molecule has 0 spiro atoms. The number of anilines is 1. The van der Waals surface area contributed by atoms with Crippen LogP contribution in [0.5, 0.6) is 5.75 Å². The van der Waals surface area contributed by atoms with Gasteiger partial charge in [-0.3, -0.25) is 13.9 Å². The molecule has 0 aliphatic heterocycles. The fourth-order valence-electron chi connectivity index (χ4n) is 4.32. The van der Waals surface area contributed by atoms with Crippen LogP contribution in [0.1, 0.15) is 37.7 Å². The van der Waals surface area contributed by atoms with Gasteiger partial charge in [-0.1, -0.05) is 31.4 Å². The van der Waals surface area contributed by atoms with E-state index in [0.717, 1.165) is 35.8 Å². The lowest BCUT2D eigenvalue weighted by Crippen LogP contribution is -2.38. The van der Waals surface area contributed by atoms with Gasteiger partial charge in [0, 0.05) is 20.1 Å². The lowest BCUT2D eigenvalue weighted by Gasteiger charge is -2.24. The van der Waals surface area contributed by atoms with Crippen molar-refractivity contribution in [3.63, 3.8) is 0 Å². The van der Waals surface area contributed by atoms with E-state index in [1.165, 1.54) is 18.0 Å². The zero-order valence-corrected chi connectivity index (χ0v) is 18.9. The summed E-state index contributed by atoms with van der Waals surface area (Å²) in [6.45, 7) is 2.16. The summed E-state index contributed by atoms with van der Waals surface area (Å²) in [6, 6.07) is 7.87. The molecular weight excluding hydrogens is 410 g/mol. The second-order valence-corrected chi connectivity index (χ2v) is 8.68. The number of aryl methyl sites for hydroxylation is 2. The number of aliphatic hydroxyl groups is 1. The van der Waals surface area contributed by atoms with Gasteiger partial charge in [0.25, 0.3) is 5.56 Å². The molecule has 9 nitrogen and oxygen atoms in total. The van der Waals surface area contributed by atoms with E-state index < -0.39 is 17.4 Å². The molecule has 3 aromatic rings. The molecule has 1 aliphatic carbocycles. The van der Waals surface area contributed by atoms with E-state index in [2.05, 4.69) is 10.3 Å². The van der Waals surface area contributed by atoms with Gasteiger partial charge in [-0.05, 0) is 37.5 Å². The largest absolute Gasteiger partial charge is 0.491 e. The van der Waals surface area contributed by atoms with Crippen molar-refractivity contribution in [2.75, 3.05) is 11.9 Å². The average Bonchev–Trinajstić information content (AvgIpc) is 3.13. The van der Waals surface area contributed by atoms with Gasteiger partial charge in [-0.15, -0.1) is 0 Å². The monoisotopic (exact) mass is 441 g/mol. The molecule has 32 heavy (non-hydrogen) atoms. The van der Waals surface area contributed by atoms with Crippen molar-refractivity contribution >= 4 is 17.1 Å². The molecule has 0 bridgehead atoms. The Morgan fingerprint density at radius 1 is 1.19 bits per heavy atom. The molecule has 0 radical (unpaired) electrons. The highest BCUT2D eigenvalue weighted by Gasteiger charge is 2.23. The van der Waals surface area contributed by atoms with Crippen molar-refractivity contribution in [3.8, 4) is 5.75 Å². The summed E-state index contributed by atoms with van der Waals surface area (Å²) in [7, 11) is 3.05. The molecular formula is C23H31N5O4. The molecule has 1 fully saturated rings. The van der Waals surface area contributed by atoms with Crippen LogP contribution in [-0.4, -0.2) is 42.5 Å². The highest BCUT2D eigenvalue weighted by Crippen LogP contribution is 2.23. The van der Waals surface area contributed by atoms with Gasteiger partial charge in [0.1, 0.15) is 18.5 Å². The zero-order valence-electron chi connectivity index (χ0n) is 18.9. The Hall–Kier alpha value is -3.07. The minimum absolute atomic E-state index is 0.0675. The molecule has 1 aromatic carbocycles. The Morgan fingerprint density at radius 3 is 2.66 bits per heavy atom. The van der Waals surface area contributed by atoms with E-state index in [-0.39, 0.29) is 19.2 Å². The maximum Gasteiger partial charge on any atom is 0.332 e. The first kappa shape index (κ1) is 22.1. The van der Waals surface area contributed by atoms with Crippen LogP contribution in [0.2, 0.25) is 0 Å². The van der Waals surface area contributed by atoms with Gasteiger partial charge >= 0.3 is 5.69 Å². The van der Waals surface area contributed by atoms with E-state index in [9.17, 15) is 14.7 Å². The maximum atomic E-state index is 13.0. The summed E-state index contributed by atoms with van der Waals surface area (Å²) in [4.78, 5) is 30.0. The number of imidazole rings is 1. The molecule has 172 valence electrons. The summed E-state index contributed by atoms with van der Waals surface area (Å²) in [6.07, 6.45) is 4.69. The van der Waals surface area contributed by atoms with Crippen molar-refractivity contribution in [3.05, 3.63) is 50.7 Å². The molecule has 9 heteroatoms. The van der Waals surface area contributed by atoms with Crippen LogP contribution in [-0.2, 0) is 20.6 Å². The zero-order chi connectivity index (χ0) is 22.8. The Kier molecular flexibility index (Phi) is 6.36.